The fourth-order valence-corrected chi connectivity index (χ4v) is 16.2. The maximum Gasteiger partial charge on any atom is 0.0465 e. The molecule has 2 nitrogen and oxygen atoms in total. The van der Waals surface area contributed by atoms with E-state index in [-0.39, 0.29) is 5.41 Å². The number of hydrogen-bond acceptors (Lipinski definition) is 2. The smallest absolute Gasteiger partial charge is 0.0465 e. The zero-order valence-corrected chi connectivity index (χ0v) is 53.3. The third-order valence-corrected chi connectivity index (χ3v) is 20.8. The van der Waals surface area contributed by atoms with Gasteiger partial charge in [0.05, 0.1) is 0 Å². The van der Waals surface area contributed by atoms with Gasteiger partial charge in [0.25, 0.3) is 0 Å². The van der Waals surface area contributed by atoms with Crippen LogP contribution < -0.4 is 9.80 Å². The molecule has 0 fully saturated rings. The number of fused-ring (bicyclic) bond motifs is 10. The van der Waals surface area contributed by atoms with E-state index in [2.05, 4.69) is 376 Å². The summed E-state index contributed by atoms with van der Waals surface area (Å²) in [6, 6.07) is 129. The van der Waals surface area contributed by atoms with Crippen LogP contribution in [0, 0.1) is 0 Å². The van der Waals surface area contributed by atoms with Crippen molar-refractivity contribution < 1.29 is 0 Å². The van der Waals surface area contributed by atoms with E-state index in [0.717, 1.165) is 39.7 Å². The maximum absolute atomic E-state index is 2.59. The zero-order valence-electron chi connectivity index (χ0n) is 53.3. The summed E-state index contributed by atoms with van der Waals surface area (Å²) in [5.41, 5.74) is 27.0. The van der Waals surface area contributed by atoms with E-state index in [0.29, 0.717) is 0 Å². The fourth-order valence-electron chi connectivity index (χ4n) is 16.2. The van der Waals surface area contributed by atoms with E-state index in [1.54, 1.807) is 0 Å². The van der Waals surface area contributed by atoms with Crippen molar-refractivity contribution in [3.05, 3.63) is 374 Å². The van der Waals surface area contributed by atoms with E-state index in [1.807, 2.05) is 0 Å². The van der Waals surface area contributed by atoms with Crippen molar-refractivity contribution in [2.24, 2.45) is 0 Å². The van der Waals surface area contributed by atoms with Crippen LogP contribution in [0.5, 0.6) is 0 Å². The Balaban J connectivity index is 0.889. The maximum atomic E-state index is 2.59. The van der Waals surface area contributed by atoms with Crippen LogP contribution in [-0.4, -0.2) is 0 Å². The molecule has 0 heterocycles. The summed E-state index contributed by atoms with van der Waals surface area (Å²) in [5.74, 6) is 0. The molecule has 95 heavy (non-hydrogen) atoms. The van der Waals surface area contributed by atoms with Gasteiger partial charge in [-0.15, -0.1) is 0 Å². The monoisotopic (exact) mass is 1210 g/mol. The first-order chi connectivity index (χ1) is 46.7. The predicted molar refractivity (Wildman–Crippen MR) is 403 cm³/mol. The minimum absolute atomic E-state index is 0.308. The zero-order chi connectivity index (χ0) is 63.4. The summed E-state index contributed by atoms with van der Waals surface area (Å²) < 4.78 is 0. The lowest BCUT2D eigenvalue weighted by Gasteiger charge is -2.31. The standard InChI is InChI=1S/C93H66N2/c1-92(2)88-57-72(94(68-34-8-4-9-35-68)69-36-10-5-11-37-69)48-50-80(88)86-60-91-87(59-89(86)92)81-51-49-73(95(70-38-12-6-13-39-70)71-40-14-7-15-41-71)58-90(81)93(91,3)67-33-22-32-64(52-67)82-53-65(77-45-23-29-61-26-16-19-42-74(61)77)56-85-83(79-47-25-31-63-28-18-21-44-76(63)79)54-66(55-84(82)85)78-46-24-30-62-27-17-20-43-75(62)78/h4-60H,1-3H3. The van der Waals surface area contributed by atoms with Crippen LogP contribution in [0.15, 0.2) is 346 Å². The van der Waals surface area contributed by atoms with Crippen molar-refractivity contribution in [3.8, 4) is 66.8 Å². The molecule has 0 saturated carbocycles. The van der Waals surface area contributed by atoms with Crippen LogP contribution in [0.25, 0.3) is 110 Å². The third-order valence-electron chi connectivity index (χ3n) is 20.8. The van der Waals surface area contributed by atoms with Crippen molar-refractivity contribution in [2.75, 3.05) is 9.80 Å². The molecular formula is C93H66N2. The summed E-state index contributed by atoms with van der Waals surface area (Å²) in [4.78, 5) is 4.80. The normalized spacial score (nSPS) is 14.2. The van der Waals surface area contributed by atoms with Crippen LogP contribution in [0.2, 0.25) is 0 Å². The summed E-state index contributed by atoms with van der Waals surface area (Å²) in [6.45, 7) is 7.36. The molecule has 0 saturated heterocycles. The highest BCUT2D eigenvalue weighted by Crippen LogP contribution is 2.60. The quantitative estimate of drug-likeness (QED) is 0.127. The van der Waals surface area contributed by atoms with Crippen molar-refractivity contribution in [2.45, 2.75) is 31.6 Å². The van der Waals surface area contributed by atoms with Gasteiger partial charge in [-0.1, -0.05) is 244 Å². The van der Waals surface area contributed by atoms with Crippen LogP contribution >= 0.6 is 0 Å². The molecule has 16 aromatic carbocycles. The van der Waals surface area contributed by atoms with Crippen molar-refractivity contribution >= 4 is 77.2 Å². The lowest BCUT2D eigenvalue weighted by molar-refractivity contribution is 0.659. The van der Waals surface area contributed by atoms with Crippen molar-refractivity contribution in [3.63, 3.8) is 0 Å². The molecule has 448 valence electrons. The van der Waals surface area contributed by atoms with Gasteiger partial charge in [-0.05, 0) is 260 Å². The van der Waals surface area contributed by atoms with E-state index < -0.39 is 5.41 Å². The number of hydrogen-bond donors (Lipinski definition) is 0. The Labute approximate surface area is 555 Å². The Bertz CT molecular complexity index is 5620. The molecule has 0 aliphatic heterocycles. The second-order valence-electron chi connectivity index (χ2n) is 26.5. The van der Waals surface area contributed by atoms with Gasteiger partial charge >= 0.3 is 0 Å². The summed E-state index contributed by atoms with van der Waals surface area (Å²) in [7, 11) is 0. The molecule has 0 N–H and O–H groups in total. The van der Waals surface area contributed by atoms with Gasteiger partial charge in [-0.2, -0.15) is 0 Å². The second kappa shape index (κ2) is 22.2. The Morgan fingerprint density at radius 3 is 1.08 bits per heavy atom. The van der Waals surface area contributed by atoms with E-state index in [4.69, 9.17) is 0 Å². The van der Waals surface area contributed by atoms with Crippen LogP contribution in [-0.2, 0) is 10.8 Å². The molecule has 0 bridgehead atoms. The third kappa shape index (κ3) is 9.08. The molecule has 2 aliphatic carbocycles. The average Bonchev–Trinajstić information content (AvgIpc) is 1.58. The molecule has 16 aromatic rings. The number of nitrogens with zero attached hydrogens (tertiary/aromatic N) is 2. The van der Waals surface area contributed by atoms with Crippen molar-refractivity contribution in [1.82, 2.24) is 0 Å². The van der Waals surface area contributed by atoms with Gasteiger partial charge in [-0.25, -0.2) is 0 Å². The molecule has 0 aromatic heterocycles. The van der Waals surface area contributed by atoms with Crippen molar-refractivity contribution in [1.29, 1.82) is 0 Å². The minimum Gasteiger partial charge on any atom is -0.310 e. The number of anilines is 6. The largest absolute Gasteiger partial charge is 0.310 e. The van der Waals surface area contributed by atoms with Crippen LogP contribution in [0.3, 0.4) is 0 Å². The fraction of sp³-hybridized carbons (Fsp3) is 0.0538. The predicted octanol–water partition coefficient (Wildman–Crippen LogP) is 25.5. The van der Waals surface area contributed by atoms with Gasteiger partial charge in [0.2, 0.25) is 0 Å². The Morgan fingerprint density at radius 1 is 0.200 bits per heavy atom. The number of rotatable bonds is 11. The summed E-state index contributed by atoms with van der Waals surface area (Å²) in [5, 5.41) is 9.77. The summed E-state index contributed by atoms with van der Waals surface area (Å²) in [6.07, 6.45) is 0. The first kappa shape index (κ1) is 56.0. The summed E-state index contributed by atoms with van der Waals surface area (Å²) >= 11 is 0. The molecule has 0 radical (unpaired) electrons. The van der Waals surface area contributed by atoms with E-state index in [9.17, 15) is 0 Å². The highest BCUT2D eigenvalue weighted by molar-refractivity contribution is 6.15. The Kier molecular flexibility index (Phi) is 13.1. The van der Waals surface area contributed by atoms with Gasteiger partial charge in [0.1, 0.15) is 0 Å². The molecule has 1 unspecified atom stereocenters. The average molecular weight is 1210 g/mol. The molecule has 18 rings (SSSR count). The molecule has 2 heteroatoms. The highest BCUT2D eigenvalue weighted by atomic mass is 15.1. The van der Waals surface area contributed by atoms with Gasteiger partial charge in [-0.3, -0.25) is 0 Å². The van der Waals surface area contributed by atoms with Crippen LogP contribution in [0.4, 0.5) is 34.1 Å². The lowest BCUT2D eigenvalue weighted by Crippen LogP contribution is -2.23. The first-order valence-corrected chi connectivity index (χ1v) is 33.2. The number of para-hydroxylation sites is 4. The van der Waals surface area contributed by atoms with E-state index in [1.165, 1.54) is 132 Å². The first-order valence-electron chi connectivity index (χ1n) is 33.2. The second-order valence-corrected chi connectivity index (χ2v) is 26.5. The van der Waals surface area contributed by atoms with Gasteiger partial charge in [0.15, 0.2) is 0 Å². The highest BCUT2D eigenvalue weighted by Gasteiger charge is 2.45. The molecule has 0 spiro atoms. The van der Waals surface area contributed by atoms with Gasteiger partial charge in [0, 0.05) is 45.0 Å². The SMILES string of the molecule is CC1(C)c2cc(N(c3ccccc3)c3ccccc3)ccc2-c2cc3c(cc21)-c1ccc(N(c2ccccc2)c2ccccc2)cc1C3(C)c1cccc(-c2cc(-c3cccc4ccccc34)cc3c(-c4cccc5ccccc45)cc(-c4cccc5ccccc45)cc23)c1. The van der Waals surface area contributed by atoms with E-state index >= 15 is 0 Å². The minimum atomic E-state index is -0.625. The molecular weight excluding hydrogens is 1150 g/mol. The topological polar surface area (TPSA) is 6.48 Å². The van der Waals surface area contributed by atoms with Gasteiger partial charge < -0.3 is 9.80 Å². The Morgan fingerprint density at radius 2 is 0.568 bits per heavy atom. The molecule has 1 atom stereocenters. The van der Waals surface area contributed by atoms with Crippen LogP contribution in [0.1, 0.15) is 48.6 Å². The number of benzene rings is 16. The lowest BCUT2D eigenvalue weighted by atomic mass is 9.72. The Hall–Kier alpha value is -11.8. The molecule has 2 aliphatic rings. The molecule has 0 amide bonds.